The van der Waals surface area contributed by atoms with Crippen molar-refractivity contribution < 1.29 is 14.4 Å². The van der Waals surface area contributed by atoms with Crippen molar-refractivity contribution >= 4 is 46.6 Å². The third-order valence-electron chi connectivity index (χ3n) is 5.78. The molecular weight excluding hydrogens is 363 g/mol. The van der Waals surface area contributed by atoms with Crippen molar-refractivity contribution in [3.05, 3.63) is 28.2 Å². The van der Waals surface area contributed by atoms with Crippen molar-refractivity contribution in [3.63, 3.8) is 0 Å². The number of rotatable bonds is 4. The van der Waals surface area contributed by atoms with E-state index in [1.165, 1.54) is 4.90 Å². The molecule has 2 bridgehead atoms. The number of benzene rings is 1. The maximum absolute atomic E-state index is 12.6. The second-order valence-corrected chi connectivity index (χ2v) is 7.98. The number of carbonyl (C=O) groups is 3. The van der Waals surface area contributed by atoms with E-state index < -0.39 is 0 Å². The summed E-state index contributed by atoms with van der Waals surface area (Å²) in [6, 6.07) is 4.80. The summed E-state index contributed by atoms with van der Waals surface area (Å²) in [4.78, 5) is 38.6. The first-order valence-electron chi connectivity index (χ1n) is 8.56. The van der Waals surface area contributed by atoms with Crippen LogP contribution in [0.5, 0.6) is 0 Å². The summed E-state index contributed by atoms with van der Waals surface area (Å²) in [5.41, 5.74) is 0.424. The van der Waals surface area contributed by atoms with E-state index in [2.05, 4.69) is 5.32 Å². The zero-order valence-electron chi connectivity index (χ0n) is 13.5. The predicted octanol–water partition coefficient (Wildman–Crippen LogP) is 3.35. The van der Waals surface area contributed by atoms with E-state index in [0.29, 0.717) is 27.6 Å². The molecule has 1 saturated heterocycles. The summed E-state index contributed by atoms with van der Waals surface area (Å²) in [6.07, 6.45) is 3.16. The summed E-state index contributed by atoms with van der Waals surface area (Å²) < 4.78 is 0. The fourth-order valence-corrected chi connectivity index (χ4v) is 5.05. The van der Waals surface area contributed by atoms with Crippen LogP contribution < -0.4 is 5.32 Å². The number of anilines is 1. The molecule has 4 unspecified atom stereocenters. The van der Waals surface area contributed by atoms with Gasteiger partial charge in [0, 0.05) is 18.0 Å². The first-order valence-corrected chi connectivity index (χ1v) is 9.31. The minimum atomic E-state index is -0.301. The summed E-state index contributed by atoms with van der Waals surface area (Å²) in [6.45, 7) is 0.119. The normalized spacial score (nSPS) is 30.1. The Labute approximate surface area is 155 Å². The molecule has 1 N–H and O–H groups in total. The zero-order chi connectivity index (χ0) is 17.7. The minimum absolute atomic E-state index is 0.0507. The van der Waals surface area contributed by atoms with E-state index in [-0.39, 0.29) is 42.5 Å². The van der Waals surface area contributed by atoms with E-state index in [9.17, 15) is 14.4 Å². The van der Waals surface area contributed by atoms with E-state index in [0.717, 1.165) is 19.3 Å². The summed E-state index contributed by atoms with van der Waals surface area (Å²) in [5, 5.41) is 3.53. The van der Waals surface area contributed by atoms with Gasteiger partial charge < -0.3 is 5.32 Å². The molecule has 0 radical (unpaired) electrons. The average Bonchev–Trinajstić information content (AvgIpc) is 3.24. The van der Waals surface area contributed by atoms with Gasteiger partial charge in [-0.05, 0) is 49.3 Å². The van der Waals surface area contributed by atoms with Crippen LogP contribution in [0, 0.1) is 23.7 Å². The van der Waals surface area contributed by atoms with Gasteiger partial charge in [0.1, 0.15) is 0 Å². The predicted molar refractivity (Wildman–Crippen MR) is 94.2 cm³/mol. The third kappa shape index (κ3) is 2.83. The molecular formula is C18H18Cl2N2O3. The Morgan fingerprint density at radius 1 is 1.12 bits per heavy atom. The van der Waals surface area contributed by atoms with Crippen LogP contribution in [0.15, 0.2) is 18.2 Å². The van der Waals surface area contributed by atoms with E-state index in [1.54, 1.807) is 18.2 Å². The number of likely N-dealkylation sites (tertiary alicyclic amines) is 1. The van der Waals surface area contributed by atoms with Crippen molar-refractivity contribution in [1.29, 1.82) is 0 Å². The number of fused-ring (bicyclic) bond motifs is 5. The SMILES string of the molecule is O=C(CCN1C(=O)C2C3CCC(C3)C2C1=O)Nc1cc(Cl)ccc1Cl. The highest BCUT2D eigenvalue weighted by molar-refractivity contribution is 6.35. The Hall–Kier alpha value is -1.59. The number of halogens is 2. The highest BCUT2D eigenvalue weighted by Crippen LogP contribution is 2.56. The van der Waals surface area contributed by atoms with E-state index >= 15 is 0 Å². The molecule has 7 heteroatoms. The number of nitrogens with one attached hydrogen (secondary N) is 1. The van der Waals surface area contributed by atoms with Gasteiger partial charge in [-0.15, -0.1) is 0 Å². The lowest BCUT2D eigenvalue weighted by Gasteiger charge is -2.19. The van der Waals surface area contributed by atoms with Crippen LogP contribution >= 0.6 is 23.2 Å². The molecule has 132 valence electrons. The molecule has 1 heterocycles. The summed E-state index contributed by atoms with van der Waals surface area (Å²) >= 11 is 11.9. The monoisotopic (exact) mass is 380 g/mol. The lowest BCUT2D eigenvalue weighted by molar-refractivity contribution is -0.140. The molecule has 1 aliphatic heterocycles. The second-order valence-electron chi connectivity index (χ2n) is 7.14. The van der Waals surface area contributed by atoms with Crippen LogP contribution in [0.2, 0.25) is 10.0 Å². The van der Waals surface area contributed by atoms with Crippen molar-refractivity contribution in [1.82, 2.24) is 4.90 Å². The topological polar surface area (TPSA) is 66.5 Å². The van der Waals surface area contributed by atoms with Crippen LogP contribution in [0.3, 0.4) is 0 Å². The molecule has 2 saturated carbocycles. The van der Waals surface area contributed by atoms with Gasteiger partial charge in [0.15, 0.2) is 0 Å². The molecule has 4 atom stereocenters. The van der Waals surface area contributed by atoms with Gasteiger partial charge in [-0.2, -0.15) is 0 Å². The van der Waals surface area contributed by atoms with Gasteiger partial charge in [0.25, 0.3) is 0 Å². The quantitative estimate of drug-likeness (QED) is 0.814. The van der Waals surface area contributed by atoms with Crippen LogP contribution in [-0.4, -0.2) is 29.2 Å². The molecule has 3 aliphatic rings. The average molecular weight is 381 g/mol. The molecule has 1 aromatic rings. The molecule has 0 aromatic heterocycles. The molecule has 1 aromatic carbocycles. The van der Waals surface area contributed by atoms with Crippen molar-refractivity contribution in [3.8, 4) is 0 Å². The molecule has 4 rings (SSSR count). The number of nitrogens with zero attached hydrogens (tertiary/aromatic N) is 1. The molecule has 0 spiro atoms. The van der Waals surface area contributed by atoms with Crippen molar-refractivity contribution in [2.45, 2.75) is 25.7 Å². The first kappa shape index (κ1) is 16.9. The Morgan fingerprint density at radius 3 is 2.40 bits per heavy atom. The maximum Gasteiger partial charge on any atom is 0.233 e. The summed E-state index contributed by atoms with van der Waals surface area (Å²) in [7, 11) is 0. The number of amides is 3. The number of imide groups is 1. The lowest BCUT2D eigenvalue weighted by Crippen LogP contribution is -2.35. The van der Waals surface area contributed by atoms with Crippen LogP contribution in [-0.2, 0) is 14.4 Å². The number of hydrogen-bond donors (Lipinski definition) is 1. The van der Waals surface area contributed by atoms with Crippen molar-refractivity contribution in [2.24, 2.45) is 23.7 Å². The largest absolute Gasteiger partial charge is 0.325 e. The van der Waals surface area contributed by atoms with Crippen LogP contribution in [0.4, 0.5) is 5.69 Å². The third-order valence-corrected chi connectivity index (χ3v) is 6.35. The summed E-state index contributed by atoms with van der Waals surface area (Å²) in [5.74, 6) is -0.0455. The Bertz CT molecular complexity index is 739. The zero-order valence-corrected chi connectivity index (χ0v) is 15.0. The number of carbonyl (C=O) groups excluding carboxylic acids is 3. The van der Waals surface area contributed by atoms with Gasteiger partial charge in [-0.25, -0.2) is 0 Å². The van der Waals surface area contributed by atoms with Crippen LogP contribution in [0.1, 0.15) is 25.7 Å². The molecule has 3 fully saturated rings. The van der Waals surface area contributed by atoms with Gasteiger partial charge in [-0.1, -0.05) is 23.2 Å². The molecule has 25 heavy (non-hydrogen) atoms. The second kappa shape index (κ2) is 6.29. The van der Waals surface area contributed by atoms with Gasteiger partial charge in [-0.3, -0.25) is 19.3 Å². The van der Waals surface area contributed by atoms with E-state index in [4.69, 9.17) is 23.2 Å². The standard InChI is InChI=1S/C18H18Cl2N2O3/c19-11-3-4-12(20)13(8-11)21-14(23)5-6-22-17(24)15-9-1-2-10(7-9)16(15)18(22)25/h3-4,8-10,15-16H,1-2,5-7H2,(H,21,23). The first-order chi connectivity index (χ1) is 12.0. The fourth-order valence-electron chi connectivity index (χ4n) is 4.71. The molecule has 2 aliphatic carbocycles. The van der Waals surface area contributed by atoms with Gasteiger partial charge in [0.05, 0.1) is 22.5 Å². The van der Waals surface area contributed by atoms with Gasteiger partial charge >= 0.3 is 0 Å². The minimum Gasteiger partial charge on any atom is -0.325 e. The van der Waals surface area contributed by atoms with Crippen LogP contribution in [0.25, 0.3) is 0 Å². The Kier molecular flexibility index (Phi) is 4.24. The lowest BCUT2D eigenvalue weighted by atomic mass is 9.81. The fraction of sp³-hybridized carbons (Fsp3) is 0.500. The maximum atomic E-state index is 12.6. The highest BCUT2D eigenvalue weighted by Gasteiger charge is 2.60. The molecule has 5 nitrogen and oxygen atoms in total. The van der Waals surface area contributed by atoms with E-state index in [1.807, 2.05) is 0 Å². The van der Waals surface area contributed by atoms with Crippen molar-refractivity contribution in [2.75, 3.05) is 11.9 Å². The smallest absolute Gasteiger partial charge is 0.233 e. The van der Waals surface area contributed by atoms with Gasteiger partial charge in [0.2, 0.25) is 17.7 Å². The Morgan fingerprint density at radius 2 is 1.76 bits per heavy atom. The number of hydrogen-bond acceptors (Lipinski definition) is 3. The Balaban J connectivity index is 1.38. The molecule has 3 amide bonds. The highest BCUT2D eigenvalue weighted by atomic mass is 35.5.